The van der Waals surface area contributed by atoms with Gasteiger partial charge in [-0.05, 0) is 18.6 Å². The zero-order valence-electron chi connectivity index (χ0n) is 12.9. The minimum Gasteiger partial charge on any atom is -0.395 e. The van der Waals surface area contributed by atoms with Gasteiger partial charge in [-0.25, -0.2) is 9.97 Å². The molecule has 0 spiro atoms. The zero-order chi connectivity index (χ0) is 16.2. The largest absolute Gasteiger partial charge is 0.395 e. The summed E-state index contributed by atoms with van der Waals surface area (Å²) in [5.41, 5.74) is 1.15. The molecule has 0 aliphatic heterocycles. The highest BCUT2D eigenvalue weighted by Crippen LogP contribution is 2.36. The first-order chi connectivity index (χ1) is 11.2. The SMILES string of the molecule is Cc1nc(N(CCO)CCO)c2cc(-c3ccccc3)sc2n1. The highest BCUT2D eigenvalue weighted by atomic mass is 32.1. The van der Waals surface area contributed by atoms with Gasteiger partial charge in [-0.15, -0.1) is 11.3 Å². The van der Waals surface area contributed by atoms with Crippen molar-refractivity contribution < 1.29 is 10.2 Å². The van der Waals surface area contributed by atoms with E-state index in [0.717, 1.165) is 26.5 Å². The summed E-state index contributed by atoms with van der Waals surface area (Å²) in [6.07, 6.45) is 0. The molecular formula is C17H19N3O2S. The number of thiophene rings is 1. The Labute approximate surface area is 138 Å². The minimum absolute atomic E-state index is 0.0141. The second-order valence-corrected chi connectivity index (χ2v) is 6.25. The number of nitrogens with zero attached hydrogens (tertiary/aromatic N) is 3. The molecule has 0 aliphatic rings. The van der Waals surface area contributed by atoms with Crippen LogP contribution >= 0.6 is 11.3 Å². The van der Waals surface area contributed by atoms with Crippen molar-refractivity contribution in [2.24, 2.45) is 0 Å². The number of aryl methyl sites for hydroxylation is 1. The Morgan fingerprint density at radius 1 is 1.04 bits per heavy atom. The molecule has 0 saturated carbocycles. The number of aromatic nitrogens is 2. The summed E-state index contributed by atoms with van der Waals surface area (Å²) in [6.45, 7) is 2.76. The molecule has 0 aliphatic carbocycles. The third-order valence-corrected chi connectivity index (χ3v) is 4.66. The maximum absolute atomic E-state index is 9.29. The molecule has 0 fully saturated rings. The van der Waals surface area contributed by atoms with Gasteiger partial charge in [0.1, 0.15) is 16.5 Å². The van der Waals surface area contributed by atoms with Gasteiger partial charge in [0, 0.05) is 18.0 Å². The van der Waals surface area contributed by atoms with Crippen LogP contribution in [0.3, 0.4) is 0 Å². The predicted octanol–water partition coefficient (Wildman–Crippen LogP) is 2.46. The lowest BCUT2D eigenvalue weighted by Gasteiger charge is -2.22. The Kier molecular flexibility index (Phi) is 4.85. The van der Waals surface area contributed by atoms with E-state index in [1.165, 1.54) is 0 Å². The number of benzene rings is 1. The molecule has 0 radical (unpaired) electrons. The third-order valence-electron chi connectivity index (χ3n) is 3.58. The molecular weight excluding hydrogens is 310 g/mol. The number of hydrogen-bond acceptors (Lipinski definition) is 6. The van der Waals surface area contributed by atoms with E-state index >= 15 is 0 Å². The molecule has 2 aromatic heterocycles. The van der Waals surface area contributed by atoms with Gasteiger partial charge in [0.05, 0.1) is 18.6 Å². The van der Waals surface area contributed by atoms with Crippen LogP contribution in [0.2, 0.25) is 0 Å². The zero-order valence-corrected chi connectivity index (χ0v) is 13.8. The van der Waals surface area contributed by atoms with Crippen molar-refractivity contribution in [2.75, 3.05) is 31.2 Å². The molecule has 5 nitrogen and oxygen atoms in total. The van der Waals surface area contributed by atoms with Crippen molar-refractivity contribution in [3.8, 4) is 10.4 Å². The summed E-state index contributed by atoms with van der Waals surface area (Å²) < 4.78 is 0. The van der Waals surface area contributed by atoms with Crippen molar-refractivity contribution in [3.05, 3.63) is 42.2 Å². The topological polar surface area (TPSA) is 69.5 Å². The van der Waals surface area contributed by atoms with Crippen LogP contribution in [0.4, 0.5) is 5.82 Å². The van der Waals surface area contributed by atoms with Crippen molar-refractivity contribution in [1.82, 2.24) is 9.97 Å². The number of rotatable bonds is 6. The van der Waals surface area contributed by atoms with Gasteiger partial charge in [-0.3, -0.25) is 0 Å². The molecule has 0 bridgehead atoms. The van der Waals surface area contributed by atoms with E-state index in [1.54, 1.807) is 11.3 Å². The van der Waals surface area contributed by atoms with Crippen LogP contribution in [0.25, 0.3) is 20.7 Å². The fraction of sp³-hybridized carbons (Fsp3) is 0.294. The average Bonchev–Trinajstić information content (AvgIpc) is 2.98. The lowest BCUT2D eigenvalue weighted by Crippen LogP contribution is -2.30. The molecule has 23 heavy (non-hydrogen) atoms. The van der Waals surface area contributed by atoms with Crippen molar-refractivity contribution in [3.63, 3.8) is 0 Å². The molecule has 1 aromatic carbocycles. The first-order valence-corrected chi connectivity index (χ1v) is 8.35. The van der Waals surface area contributed by atoms with Crippen molar-refractivity contribution >= 4 is 27.4 Å². The first kappa shape index (κ1) is 15.9. The van der Waals surface area contributed by atoms with Crippen molar-refractivity contribution in [2.45, 2.75) is 6.92 Å². The molecule has 0 saturated heterocycles. The Hall–Kier alpha value is -2.02. The maximum Gasteiger partial charge on any atom is 0.141 e. The Bertz CT molecular complexity index is 783. The summed E-state index contributed by atoms with van der Waals surface area (Å²) in [5.74, 6) is 1.46. The van der Waals surface area contributed by atoms with Gasteiger partial charge in [0.2, 0.25) is 0 Å². The Morgan fingerprint density at radius 2 is 1.74 bits per heavy atom. The summed E-state index contributed by atoms with van der Waals surface area (Å²) in [4.78, 5) is 13.0. The van der Waals surface area contributed by atoms with Gasteiger partial charge in [-0.1, -0.05) is 30.3 Å². The molecule has 0 amide bonds. The summed E-state index contributed by atoms with van der Waals surface area (Å²) in [5, 5.41) is 19.5. The molecule has 120 valence electrons. The van der Waals surface area contributed by atoms with E-state index in [2.05, 4.69) is 28.2 Å². The van der Waals surface area contributed by atoms with Gasteiger partial charge in [-0.2, -0.15) is 0 Å². The number of aliphatic hydroxyl groups is 2. The summed E-state index contributed by atoms with van der Waals surface area (Å²) in [7, 11) is 0. The van der Waals surface area contributed by atoms with Gasteiger partial charge in [0.15, 0.2) is 0 Å². The monoisotopic (exact) mass is 329 g/mol. The van der Waals surface area contributed by atoms with Crippen LogP contribution in [-0.4, -0.2) is 46.5 Å². The van der Waals surface area contributed by atoms with Crippen LogP contribution < -0.4 is 4.90 Å². The molecule has 3 rings (SSSR count). The average molecular weight is 329 g/mol. The Morgan fingerprint density at radius 3 is 2.39 bits per heavy atom. The maximum atomic E-state index is 9.29. The number of aliphatic hydroxyl groups excluding tert-OH is 2. The molecule has 6 heteroatoms. The van der Waals surface area contributed by atoms with E-state index in [1.807, 2.05) is 30.0 Å². The molecule has 2 heterocycles. The van der Waals surface area contributed by atoms with Crippen LogP contribution in [-0.2, 0) is 0 Å². The van der Waals surface area contributed by atoms with Crippen LogP contribution in [0.15, 0.2) is 36.4 Å². The van der Waals surface area contributed by atoms with E-state index in [-0.39, 0.29) is 13.2 Å². The van der Waals surface area contributed by atoms with Crippen molar-refractivity contribution in [1.29, 1.82) is 0 Å². The lowest BCUT2D eigenvalue weighted by atomic mass is 10.2. The van der Waals surface area contributed by atoms with E-state index < -0.39 is 0 Å². The van der Waals surface area contributed by atoms with Crippen LogP contribution in [0.5, 0.6) is 0 Å². The van der Waals surface area contributed by atoms with E-state index in [0.29, 0.717) is 18.9 Å². The molecule has 2 N–H and O–H groups in total. The second kappa shape index (κ2) is 7.04. The minimum atomic E-state index is 0.0141. The lowest BCUT2D eigenvalue weighted by molar-refractivity contribution is 0.281. The Balaban J connectivity index is 2.12. The fourth-order valence-corrected chi connectivity index (χ4v) is 3.64. The predicted molar refractivity (Wildman–Crippen MR) is 94.0 cm³/mol. The molecule has 0 atom stereocenters. The summed E-state index contributed by atoms with van der Waals surface area (Å²) in [6, 6.07) is 12.3. The number of fused-ring (bicyclic) bond motifs is 1. The number of hydrogen-bond donors (Lipinski definition) is 2. The van der Waals surface area contributed by atoms with Gasteiger partial charge in [0.25, 0.3) is 0 Å². The van der Waals surface area contributed by atoms with Gasteiger partial charge >= 0.3 is 0 Å². The first-order valence-electron chi connectivity index (χ1n) is 7.53. The summed E-state index contributed by atoms with van der Waals surface area (Å²) >= 11 is 1.63. The van der Waals surface area contributed by atoms with Gasteiger partial charge < -0.3 is 15.1 Å². The highest BCUT2D eigenvalue weighted by Gasteiger charge is 2.16. The molecule has 3 aromatic rings. The van der Waals surface area contributed by atoms with E-state index in [9.17, 15) is 10.2 Å². The standard InChI is InChI=1S/C17H19N3O2S/c1-12-18-16(20(7-9-21)8-10-22)14-11-15(23-17(14)19-12)13-5-3-2-4-6-13/h2-6,11,21-22H,7-10H2,1H3. The quantitative estimate of drug-likeness (QED) is 0.727. The fourth-order valence-electron chi connectivity index (χ4n) is 2.56. The smallest absolute Gasteiger partial charge is 0.141 e. The third kappa shape index (κ3) is 3.34. The normalized spacial score (nSPS) is 11.1. The molecule has 0 unspecified atom stereocenters. The van der Waals surface area contributed by atoms with Crippen LogP contribution in [0.1, 0.15) is 5.82 Å². The second-order valence-electron chi connectivity index (χ2n) is 5.22. The number of anilines is 1. The van der Waals surface area contributed by atoms with Crippen LogP contribution in [0, 0.1) is 6.92 Å². The highest BCUT2D eigenvalue weighted by molar-refractivity contribution is 7.21. The van der Waals surface area contributed by atoms with E-state index in [4.69, 9.17) is 0 Å².